The zero-order valence-electron chi connectivity index (χ0n) is 19.1. The van der Waals surface area contributed by atoms with Gasteiger partial charge in [-0.25, -0.2) is 0 Å². The number of halogens is 2. The molecule has 0 aromatic heterocycles. The molecule has 0 saturated carbocycles. The summed E-state index contributed by atoms with van der Waals surface area (Å²) in [4.78, 5) is 14.9. The van der Waals surface area contributed by atoms with Crippen molar-refractivity contribution < 1.29 is 23.7 Å². The molecule has 34 heavy (non-hydrogen) atoms. The molecule has 1 aliphatic rings. The Morgan fingerprint density at radius 1 is 0.853 bits per heavy atom. The Hall–Kier alpha value is -3.09. The summed E-state index contributed by atoms with van der Waals surface area (Å²) in [6, 6.07) is 17.9. The normalized spacial score (nSPS) is 17.2. The third-order valence-corrected chi connectivity index (χ3v) is 6.69. The average molecular weight is 502 g/mol. The van der Waals surface area contributed by atoms with Gasteiger partial charge in [-0.3, -0.25) is 4.79 Å². The van der Waals surface area contributed by atoms with Crippen molar-refractivity contribution in [2.75, 3.05) is 27.9 Å². The maximum atomic E-state index is 13.2. The Balaban J connectivity index is 1.57. The van der Waals surface area contributed by atoms with Gasteiger partial charge in [0.2, 0.25) is 6.10 Å². The molecule has 1 fully saturated rings. The Labute approximate surface area is 208 Å². The number of likely N-dealkylation sites (tertiary alicyclic amines) is 1. The van der Waals surface area contributed by atoms with Gasteiger partial charge in [0.05, 0.1) is 31.4 Å². The summed E-state index contributed by atoms with van der Waals surface area (Å²) in [5.41, 5.74) is 1.76. The van der Waals surface area contributed by atoms with Gasteiger partial charge in [-0.05, 0) is 60.0 Å². The second kappa shape index (κ2) is 10.5. The first-order valence-corrected chi connectivity index (χ1v) is 11.5. The molecule has 4 rings (SSSR count). The van der Waals surface area contributed by atoms with E-state index in [1.54, 1.807) is 56.6 Å². The highest BCUT2D eigenvalue weighted by molar-refractivity contribution is 6.42. The summed E-state index contributed by atoms with van der Waals surface area (Å²) in [5, 5.41) is 0.850. The topological polar surface area (TPSA) is 57.2 Å². The highest BCUT2D eigenvalue weighted by Crippen LogP contribution is 2.42. The van der Waals surface area contributed by atoms with Gasteiger partial charge >= 0.3 is 0 Å². The molecule has 1 heterocycles. The minimum Gasteiger partial charge on any atom is -0.497 e. The minimum absolute atomic E-state index is 0.114. The van der Waals surface area contributed by atoms with Crippen molar-refractivity contribution >= 4 is 29.1 Å². The van der Waals surface area contributed by atoms with Gasteiger partial charge < -0.3 is 23.8 Å². The molecule has 6 nitrogen and oxygen atoms in total. The van der Waals surface area contributed by atoms with E-state index in [1.807, 2.05) is 30.3 Å². The molecule has 3 aromatic carbocycles. The number of methoxy groups -OCH3 is 3. The predicted molar refractivity (Wildman–Crippen MR) is 132 cm³/mol. The molecule has 8 heteroatoms. The lowest BCUT2D eigenvalue weighted by molar-refractivity contribution is -0.164. The van der Waals surface area contributed by atoms with Crippen LogP contribution in [0.25, 0.3) is 0 Å². The van der Waals surface area contributed by atoms with Crippen molar-refractivity contribution in [3.05, 3.63) is 81.8 Å². The maximum Gasteiger partial charge on any atom is 0.266 e. The first-order valence-electron chi connectivity index (χ1n) is 10.7. The lowest BCUT2D eigenvalue weighted by Gasteiger charge is -2.47. The summed E-state index contributed by atoms with van der Waals surface area (Å²) in [7, 11) is 4.79. The predicted octanol–water partition coefficient (Wildman–Crippen LogP) is 5.59. The zero-order chi connectivity index (χ0) is 24.2. The smallest absolute Gasteiger partial charge is 0.266 e. The van der Waals surface area contributed by atoms with Crippen LogP contribution in [0.2, 0.25) is 10.0 Å². The fourth-order valence-corrected chi connectivity index (χ4v) is 4.47. The molecule has 3 aromatic rings. The molecule has 2 unspecified atom stereocenters. The zero-order valence-corrected chi connectivity index (χ0v) is 20.6. The second-order valence-electron chi connectivity index (χ2n) is 7.77. The lowest BCUT2D eigenvalue weighted by atomic mass is 9.89. The third-order valence-electron chi connectivity index (χ3n) is 5.86. The molecule has 0 aliphatic carbocycles. The molecule has 0 N–H and O–H groups in total. The fourth-order valence-electron chi connectivity index (χ4n) is 4.05. The highest BCUT2D eigenvalue weighted by atomic mass is 35.5. The van der Waals surface area contributed by atoms with E-state index >= 15 is 0 Å². The maximum absolute atomic E-state index is 13.2. The number of nitrogens with zero attached hydrogens (tertiary/aromatic N) is 1. The molecular formula is C26H25Cl2NO5. The van der Waals surface area contributed by atoms with Crippen LogP contribution in [0.3, 0.4) is 0 Å². The van der Waals surface area contributed by atoms with Gasteiger partial charge in [0, 0.05) is 6.54 Å². The van der Waals surface area contributed by atoms with E-state index in [9.17, 15) is 4.79 Å². The lowest BCUT2D eigenvalue weighted by Crippen LogP contribution is -2.61. The molecule has 1 amide bonds. The van der Waals surface area contributed by atoms with E-state index < -0.39 is 6.10 Å². The summed E-state index contributed by atoms with van der Waals surface area (Å²) < 4.78 is 22.0. The quantitative estimate of drug-likeness (QED) is 0.357. The number of ether oxygens (including phenoxy) is 4. The summed E-state index contributed by atoms with van der Waals surface area (Å²) >= 11 is 12.8. The van der Waals surface area contributed by atoms with Crippen LogP contribution in [0.15, 0.2) is 60.7 Å². The number of carbonyl (C=O) groups excluding carboxylic acids is 1. The number of hydrogen-bond acceptors (Lipinski definition) is 5. The summed E-state index contributed by atoms with van der Waals surface area (Å²) in [5.74, 6) is 2.46. The Morgan fingerprint density at radius 2 is 1.56 bits per heavy atom. The number of rotatable bonds is 9. The van der Waals surface area contributed by atoms with Crippen LogP contribution in [0.5, 0.6) is 23.0 Å². The van der Waals surface area contributed by atoms with Gasteiger partial charge in [0.1, 0.15) is 17.5 Å². The van der Waals surface area contributed by atoms with E-state index in [0.717, 1.165) is 11.1 Å². The monoisotopic (exact) mass is 501 g/mol. The van der Waals surface area contributed by atoms with Crippen LogP contribution in [-0.4, -0.2) is 44.8 Å². The Morgan fingerprint density at radius 3 is 2.24 bits per heavy atom. The number of amides is 1. The van der Waals surface area contributed by atoms with E-state index in [0.29, 0.717) is 46.0 Å². The summed E-state index contributed by atoms with van der Waals surface area (Å²) in [6.45, 7) is 0.476. The molecule has 2 atom stereocenters. The third kappa shape index (κ3) is 4.74. The minimum atomic E-state index is -0.713. The van der Waals surface area contributed by atoms with Gasteiger partial charge in [-0.15, -0.1) is 0 Å². The molecule has 178 valence electrons. The van der Waals surface area contributed by atoms with Crippen LogP contribution in [0.4, 0.5) is 0 Å². The molecule has 0 bridgehead atoms. The molecule has 0 radical (unpaired) electrons. The van der Waals surface area contributed by atoms with E-state index in [4.69, 9.17) is 42.1 Å². The van der Waals surface area contributed by atoms with Crippen molar-refractivity contribution in [3.8, 4) is 23.0 Å². The van der Waals surface area contributed by atoms with Gasteiger partial charge in [-0.2, -0.15) is 0 Å². The highest BCUT2D eigenvalue weighted by Gasteiger charge is 2.50. The molecular weight excluding hydrogens is 477 g/mol. The van der Waals surface area contributed by atoms with Crippen molar-refractivity contribution in [3.63, 3.8) is 0 Å². The van der Waals surface area contributed by atoms with Crippen LogP contribution >= 0.6 is 23.2 Å². The van der Waals surface area contributed by atoms with Crippen molar-refractivity contribution in [1.29, 1.82) is 0 Å². The molecule has 0 spiro atoms. The number of benzene rings is 3. The van der Waals surface area contributed by atoms with E-state index in [-0.39, 0.29) is 11.9 Å². The number of β-lactam (4-membered cyclic amide) rings is 1. The van der Waals surface area contributed by atoms with Crippen molar-refractivity contribution in [2.45, 2.75) is 18.6 Å². The van der Waals surface area contributed by atoms with E-state index in [1.165, 1.54) is 0 Å². The van der Waals surface area contributed by atoms with E-state index in [2.05, 4.69) is 0 Å². The second-order valence-corrected chi connectivity index (χ2v) is 8.56. The Kier molecular flexibility index (Phi) is 7.39. The fraction of sp³-hybridized carbons (Fsp3) is 0.269. The van der Waals surface area contributed by atoms with Gasteiger partial charge in [0.25, 0.3) is 5.91 Å². The van der Waals surface area contributed by atoms with Crippen LogP contribution in [0, 0.1) is 0 Å². The van der Waals surface area contributed by atoms with Gasteiger partial charge in [-0.1, -0.05) is 41.4 Å². The first kappa shape index (κ1) is 24.0. The van der Waals surface area contributed by atoms with Crippen LogP contribution in [-0.2, 0) is 11.2 Å². The number of carbonyl (C=O) groups is 1. The molecule has 1 saturated heterocycles. The summed E-state index contributed by atoms with van der Waals surface area (Å²) in [6.07, 6.45) is -0.0921. The van der Waals surface area contributed by atoms with Crippen LogP contribution < -0.4 is 18.9 Å². The Bertz CT molecular complexity index is 1170. The van der Waals surface area contributed by atoms with Crippen molar-refractivity contribution in [1.82, 2.24) is 4.90 Å². The largest absolute Gasteiger partial charge is 0.497 e. The number of hydrogen-bond donors (Lipinski definition) is 0. The van der Waals surface area contributed by atoms with Crippen LogP contribution in [0.1, 0.15) is 17.2 Å². The standard InChI is InChI=1S/C26H25Cl2NO5/c1-31-17-8-10-18(11-9-17)34-25-24(19-5-4-6-20(27)23(19)28)29(26(25)30)14-13-16-7-12-21(32-2)22(15-16)33-3/h4-12,15,24-25H,13-14H2,1-3H3. The molecule has 1 aliphatic heterocycles. The first-order chi connectivity index (χ1) is 16.5. The average Bonchev–Trinajstić information content (AvgIpc) is 2.87. The SMILES string of the molecule is COc1ccc(OC2C(=O)N(CCc3ccc(OC)c(OC)c3)C2c2cccc(Cl)c2Cl)cc1. The van der Waals surface area contributed by atoms with Crippen molar-refractivity contribution in [2.24, 2.45) is 0 Å². The van der Waals surface area contributed by atoms with Gasteiger partial charge in [0.15, 0.2) is 11.5 Å².